The van der Waals surface area contributed by atoms with E-state index in [4.69, 9.17) is 9.47 Å². The summed E-state index contributed by atoms with van der Waals surface area (Å²) in [7, 11) is 3.99. The molecule has 2 N–H and O–H groups in total. The van der Waals surface area contributed by atoms with Crippen LogP contribution in [0, 0.1) is 0 Å². The summed E-state index contributed by atoms with van der Waals surface area (Å²) in [6.07, 6.45) is 0.884. The first kappa shape index (κ1) is 18.7. The molecule has 2 amide bonds. The molecule has 0 unspecified atom stereocenters. The van der Waals surface area contributed by atoms with Gasteiger partial charge in [0.15, 0.2) is 11.5 Å². The molecule has 0 aromatic heterocycles. The van der Waals surface area contributed by atoms with Crippen LogP contribution < -0.4 is 20.1 Å². The minimum absolute atomic E-state index is 0.142. The van der Waals surface area contributed by atoms with E-state index in [1.807, 2.05) is 14.1 Å². The number of nitrogens with zero attached hydrogens (tertiary/aromatic N) is 1. The third-order valence-corrected chi connectivity index (χ3v) is 4.11. The molecule has 0 fully saturated rings. The molecule has 7 nitrogen and oxygen atoms in total. The predicted molar refractivity (Wildman–Crippen MR) is 102 cm³/mol. The zero-order chi connectivity index (χ0) is 19.2. The number of amides is 2. The third-order valence-electron chi connectivity index (χ3n) is 4.11. The third kappa shape index (κ3) is 4.98. The zero-order valence-electron chi connectivity index (χ0n) is 15.5. The lowest BCUT2D eigenvalue weighted by molar-refractivity contribution is 0.0950. The lowest BCUT2D eigenvalue weighted by atomic mass is 10.1. The molecule has 0 radical (unpaired) electrons. The van der Waals surface area contributed by atoms with Crippen molar-refractivity contribution in [2.24, 2.45) is 0 Å². The molecule has 2 aromatic carbocycles. The van der Waals surface area contributed by atoms with Gasteiger partial charge in [-0.2, -0.15) is 0 Å². The minimum atomic E-state index is -0.258. The molecule has 0 aliphatic carbocycles. The van der Waals surface area contributed by atoms with E-state index in [1.165, 1.54) is 0 Å². The van der Waals surface area contributed by atoms with Gasteiger partial charge in [0.05, 0.1) is 0 Å². The van der Waals surface area contributed by atoms with Gasteiger partial charge in [-0.1, -0.05) is 0 Å². The maximum atomic E-state index is 12.4. The number of ether oxygens (including phenoxy) is 2. The summed E-state index contributed by atoms with van der Waals surface area (Å²) in [6.45, 7) is 1.72. The number of carbonyl (C=O) groups is 2. The van der Waals surface area contributed by atoms with Crippen LogP contribution in [0.25, 0.3) is 0 Å². The maximum Gasteiger partial charge on any atom is 0.255 e. The molecule has 3 rings (SSSR count). The first-order valence-electron chi connectivity index (χ1n) is 8.77. The molecule has 1 aliphatic rings. The van der Waals surface area contributed by atoms with E-state index >= 15 is 0 Å². The molecule has 2 aromatic rings. The molecule has 0 saturated carbocycles. The van der Waals surface area contributed by atoms with Crippen molar-refractivity contribution in [3.8, 4) is 11.5 Å². The Labute approximate surface area is 158 Å². The first-order valence-corrected chi connectivity index (χ1v) is 8.77. The Morgan fingerprint density at radius 1 is 0.963 bits per heavy atom. The summed E-state index contributed by atoms with van der Waals surface area (Å²) in [4.78, 5) is 26.6. The molecule has 0 saturated heterocycles. The smallest absolute Gasteiger partial charge is 0.255 e. The van der Waals surface area contributed by atoms with Crippen molar-refractivity contribution in [3.05, 3.63) is 53.6 Å². The Balaban J connectivity index is 1.54. The van der Waals surface area contributed by atoms with Crippen LogP contribution in [0.4, 0.5) is 5.69 Å². The molecule has 0 bridgehead atoms. The Morgan fingerprint density at radius 3 is 2.33 bits per heavy atom. The largest absolute Gasteiger partial charge is 0.454 e. The van der Waals surface area contributed by atoms with E-state index in [-0.39, 0.29) is 18.6 Å². The fourth-order valence-corrected chi connectivity index (χ4v) is 2.65. The number of carbonyl (C=O) groups excluding carboxylic acids is 2. The Bertz CT molecular complexity index is 818. The van der Waals surface area contributed by atoms with Gasteiger partial charge in [-0.25, -0.2) is 0 Å². The fraction of sp³-hybridized carbons (Fsp3) is 0.300. The topological polar surface area (TPSA) is 79.9 Å². The van der Waals surface area contributed by atoms with E-state index in [0.717, 1.165) is 13.0 Å². The Morgan fingerprint density at radius 2 is 1.63 bits per heavy atom. The molecule has 7 heteroatoms. The van der Waals surface area contributed by atoms with E-state index in [9.17, 15) is 9.59 Å². The highest BCUT2D eigenvalue weighted by molar-refractivity contribution is 6.05. The summed E-state index contributed by atoms with van der Waals surface area (Å²) in [5, 5.41) is 5.68. The number of benzene rings is 2. The van der Waals surface area contributed by atoms with Crippen LogP contribution in [-0.2, 0) is 0 Å². The van der Waals surface area contributed by atoms with Crippen LogP contribution in [0.3, 0.4) is 0 Å². The second-order valence-electron chi connectivity index (χ2n) is 6.51. The van der Waals surface area contributed by atoms with E-state index in [0.29, 0.717) is 34.9 Å². The van der Waals surface area contributed by atoms with Gasteiger partial charge in [0.25, 0.3) is 11.8 Å². The van der Waals surface area contributed by atoms with Crippen molar-refractivity contribution in [2.45, 2.75) is 6.42 Å². The number of rotatable bonds is 7. The quantitative estimate of drug-likeness (QED) is 0.733. The summed E-state index contributed by atoms with van der Waals surface area (Å²) < 4.78 is 10.6. The van der Waals surface area contributed by atoms with Gasteiger partial charge in [-0.05, 0) is 63.5 Å². The van der Waals surface area contributed by atoms with Crippen molar-refractivity contribution in [1.82, 2.24) is 10.2 Å². The molecular formula is C20H23N3O4. The van der Waals surface area contributed by atoms with Crippen LogP contribution in [-0.4, -0.2) is 50.7 Å². The summed E-state index contributed by atoms with van der Waals surface area (Å²) in [5.41, 5.74) is 1.61. The Hall–Kier alpha value is -3.06. The van der Waals surface area contributed by atoms with Crippen LogP contribution in [0.5, 0.6) is 11.5 Å². The van der Waals surface area contributed by atoms with Crippen molar-refractivity contribution >= 4 is 17.5 Å². The molecule has 1 heterocycles. The normalized spacial score (nSPS) is 12.1. The van der Waals surface area contributed by atoms with Gasteiger partial charge < -0.3 is 25.0 Å². The standard InChI is InChI=1S/C20H23N3O4/c1-23(2)11-3-10-21-19(24)14-4-6-15(7-5-14)20(25)22-16-8-9-17-18(12-16)27-13-26-17/h4-9,12H,3,10-11,13H2,1-2H3,(H,21,24)(H,22,25). The molecular weight excluding hydrogens is 346 g/mol. The zero-order valence-corrected chi connectivity index (χ0v) is 15.5. The maximum absolute atomic E-state index is 12.4. The molecule has 0 spiro atoms. The number of fused-ring (bicyclic) bond motifs is 1. The van der Waals surface area contributed by atoms with Gasteiger partial charge in [0.2, 0.25) is 6.79 Å². The molecule has 1 aliphatic heterocycles. The number of hydrogen-bond acceptors (Lipinski definition) is 5. The minimum Gasteiger partial charge on any atom is -0.454 e. The highest BCUT2D eigenvalue weighted by Gasteiger charge is 2.15. The van der Waals surface area contributed by atoms with E-state index in [2.05, 4.69) is 15.5 Å². The van der Waals surface area contributed by atoms with Gasteiger partial charge in [-0.3, -0.25) is 9.59 Å². The SMILES string of the molecule is CN(C)CCCNC(=O)c1ccc(C(=O)Nc2ccc3c(c2)OCO3)cc1. The van der Waals surface area contributed by atoms with E-state index in [1.54, 1.807) is 42.5 Å². The fourth-order valence-electron chi connectivity index (χ4n) is 2.65. The van der Waals surface area contributed by atoms with Crippen LogP contribution in [0.1, 0.15) is 27.1 Å². The summed E-state index contributed by atoms with van der Waals surface area (Å²) >= 11 is 0. The Kier molecular flexibility index (Phi) is 5.93. The highest BCUT2D eigenvalue weighted by Crippen LogP contribution is 2.34. The van der Waals surface area contributed by atoms with Crippen molar-refractivity contribution in [2.75, 3.05) is 39.3 Å². The van der Waals surface area contributed by atoms with Crippen LogP contribution >= 0.6 is 0 Å². The highest BCUT2D eigenvalue weighted by atomic mass is 16.7. The monoisotopic (exact) mass is 369 g/mol. The number of hydrogen-bond donors (Lipinski definition) is 2. The number of anilines is 1. The van der Waals surface area contributed by atoms with Crippen molar-refractivity contribution < 1.29 is 19.1 Å². The number of nitrogens with one attached hydrogen (secondary N) is 2. The lowest BCUT2D eigenvalue weighted by Gasteiger charge is -2.10. The van der Waals surface area contributed by atoms with Crippen LogP contribution in [0.15, 0.2) is 42.5 Å². The lowest BCUT2D eigenvalue weighted by Crippen LogP contribution is -2.27. The van der Waals surface area contributed by atoms with Crippen molar-refractivity contribution in [3.63, 3.8) is 0 Å². The van der Waals surface area contributed by atoms with Gasteiger partial charge in [0.1, 0.15) is 0 Å². The van der Waals surface area contributed by atoms with Crippen LogP contribution in [0.2, 0.25) is 0 Å². The second-order valence-corrected chi connectivity index (χ2v) is 6.51. The molecule has 0 atom stereocenters. The van der Waals surface area contributed by atoms with E-state index < -0.39 is 0 Å². The first-order chi connectivity index (χ1) is 13.0. The summed E-state index contributed by atoms with van der Waals surface area (Å²) in [5.74, 6) is 0.867. The van der Waals surface area contributed by atoms with Gasteiger partial charge in [-0.15, -0.1) is 0 Å². The van der Waals surface area contributed by atoms with Gasteiger partial charge in [0, 0.05) is 29.4 Å². The van der Waals surface area contributed by atoms with Crippen molar-refractivity contribution in [1.29, 1.82) is 0 Å². The summed E-state index contributed by atoms with van der Waals surface area (Å²) in [6, 6.07) is 11.8. The predicted octanol–water partition coefficient (Wildman–Crippen LogP) is 2.35. The molecule has 142 valence electrons. The molecule has 27 heavy (non-hydrogen) atoms. The average molecular weight is 369 g/mol. The average Bonchev–Trinajstić information content (AvgIpc) is 3.13. The van der Waals surface area contributed by atoms with Gasteiger partial charge >= 0.3 is 0 Å². The second kappa shape index (κ2) is 8.55.